The average molecular weight is 262 g/mol. The predicted octanol–water partition coefficient (Wildman–Crippen LogP) is 4.17. The number of aryl methyl sites for hydroxylation is 2. The molecule has 1 fully saturated rings. The van der Waals surface area contributed by atoms with E-state index in [1.807, 2.05) is 13.0 Å². The van der Waals surface area contributed by atoms with Gasteiger partial charge in [-0.3, -0.25) is 0 Å². The highest BCUT2D eigenvalue weighted by Crippen LogP contribution is 2.41. The molecule has 1 saturated carbocycles. The third-order valence-electron chi connectivity index (χ3n) is 4.71. The molecule has 1 aliphatic carbocycles. The molecule has 0 saturated heterocycles. The van der Waals surface area contributed by atoms with Crippen molar-refractivity contribution >= 4 is 0 Å². The predicted molar refractivity (Wildman–Crippen MR) is 78.5 cm³/mol. The fourth-order valence-corrected chi connectivity index (χ4v) is 3.38. The van der Waals surface area contributed by atoms with Gasteiger partial charge in [0.1, 0.15) is 5.75 Å². The van der Waals surface area contributed by atoms with Crippen LogP contribution in [0.25, 0.3) is 0 Å². The number of methoxy groups -OCH3 is 1. The van der Waals surface area contributed by atoms with Gasteiger partial charge in [-0.1, -0.05) is 19.8 Å². The van der Waals surface area contributed by atoms with Gasteiger partial charge >= 0.3 is 0 Å². The minimum Gasteiger partial charge on any atom is -0.496 e. The lowest BCUT2D eigenvalue weighted by atomic mass is 9.89. The van der Waals surface area contributed by atoms with Crippen LogP contribution >= 0.6 is 0 Å². The van der Waals surface area contributed by atoms with Crippen molar-refractivity contribution in [3.05, 3.63) is 28.8 Å². The van der Waals surface area contributed by atoms with Crippen molar-refractivity contribution in [1.82, 2.24) is 0 Å². The minimum atomic E-state index is -0.318. The number of ether oxygens (including phenoxy) is 1. The van der Waals surface area contributed by atoms with Crippen LogP contribution in [0.5, 0.6) is 5.75 Å². The summed E-state index contributed by atoms with van der Waals surface area (Å²) in [5.74, 6) is 2.14. The highest BCUT2D eigenvalue weighted by atomic mass is 16.5. The van der Waals surface area contributed by atoms with E-state index in [1.54, 1.807) is 7.11 Å². The van der Waals surface area contributed by atoms with Crippen LogP contribution in [-0.4, -0.2) is 12.2 Å². The second kappa shape index (κ2) is 5.96. The second-order valence-electron chi connectivity index (χ2n) is 5.97. The van der Waals surface area contributed by atoms with Crippen LogP contribution in [0.3, 0.4) is 0 Å². The molecule has 19 heavy (non-hydrogen) atoms. The summed E-state index contributed by atoms with van der Waals surface area (Å²) in [4.78, 5) is 0. The first-order chi connectivity index (χ1) is 9.06. The smallest absolute Gasteiger partial charge is 0.122 e. The number of aliphatic hydroxyl groups is 1. The number of aliphatic hydroxyl groups excluding tert-OH is 1. The highest BCUT2D eigenvalue weighted by Gasteiger charge is 2.30. The molecule has 0 amide bonds. The van der Waals surface area contributed by atoms with Crippen LogP contribution < -0.4 is 4.74 Å². The molecule has 106 valence electrons. The van der Waals surface area contributed by atoms with E-state index in [-0.39, 0.29) is 6.10 Å². The molecule has 2 rings (SSSR count). The van der Waals surface area contributed by atoms with E-state index in [4.69, 9.17) is 4.74 Å². The van der Waals surface area contributed by atoms with Crippen LogP contribution in [-0.2, 0) is 0 Å². The Morgan fingerprint density at radius 3 is 2.58 bits per heavy atom. The van der Waals surface area contributed by atoms with Crippen molar-refractivity contribution in [3.8, 4) is 5.75 Å². The molecular weight excluding hydrogens is 236 g/mol. The van der Waals surface area contributed by atoms with Crippen LogP contribution in [0.4, 0.5) is 0 Å². The number of rotatable bonds is 4. The summed E-state index contributed by atoms with van der Waals surface area (Å²) in [6, 6.07) is 4.14. The van der Waals surface area contributed by atoms with E-state index in [0.717, 1.165) is 34.8 Å². The van der Waals surface area contributed by atoms with Crippen molar-refractivity contribution in [1.29, 1.82) is 0 Å². The molecule has 1 N–H and O–H groups in total. The molecule has 3 unspecified atom stereocenters. The van der Waals surface area contributed by atoms with Crippen molar-refractivity contribution in [2.75, 3.05) is 7.11 Å². The summed E-state index contributed by atoms with van der Waals surface area (Å²) in [7, 11) is 1.70. The van der Waals surface area contributed by atoms with Gasteiger partial charge in [-0.05, 0) is 67.3 Å². The lowest BCUT2D eigenvalue weighted by molar-refractivity contribution is 0.108. The maximum atomic E-state index is 10.7. The Morgan fingerprint density at radius 2 is 2.00 bits per heavy atom. The van der Waals surface area contributed by atoms with E-state index in [0.29, 0.717) is 5.92 Å². The Labute approximate surface area is 116 Å². The van der Waals surface area contributed by atoms with Gasteiger partial charge in [0.25, 0.3) is 0 Å². The molecule has 1 aliphatic rings. The first-order valence-electron chi connectivity index (χ1n) is 7.40. The molecule has 0 aromatic heterocycles. The molecule has 2 nitrogen and oxygen atoms in total. The molecule has 0 radical (unpaired) electrons. The SMILES string of the molecule is CCC1CCC(C(O)c2cc(C)c(OC)cc2C)C1. The van der Waals surface area contributed by atoms with Gasteiger partial charge in [-0.15, -0.1) is 0 Å². The van der Waals surface area contributed by atoms with Gasteiger partial charge in [-0.2, -0.15) is 0 Å². The number of hydrogen-bond acceptors (Lipinski definition) is 2. The van der Waals surface area contributed by atoms with Gasteiger partial charge in [0.15, 0.2) is 0 Å². The summed E-state index contributed by atoms with van der Waals surface area (Å²) in [5.41, 5.74) is 3.32. The van der Waals surface area contributed by atoms with E-state index in [9.17, 15) is 5.11 Å². The molecular formula is C17H26O2. The fraction of sp³-hybridized carbons (Fsp3) is 0.647. The Morgan fingerprint density at radius 1 is 1.26 bits per heavy atom. The normalized spacial score (nSPS) is 24.5. The van der Waals surface area contributed by atoms with Gasteiger partial charge < -0.3 is 9.84 Å². The van der Waals surface area contributed by atoms with E-state index in [2.05, 4.69) is 19.9 Å². The minimum absolute atomic E-state index is 0.318. The van der Waals surface area contributed by atoms with E-state index in [1.165, 1.54) is 19.3 Å². The highest BCUT2D eigenvalue weighted by molar-refractivity contribution is 5.42. The molecule has 1 aromatic rings. The summed E-state index contributed by atoms with van der Waals surface area (Å²) >= 11 is 0. The Hall–Kier alpha value is -1.02. The summed E-state index contributed by atoms with van der Waals surface area (Å²) in [5, 5.41) is 10.7. The number of hydrogen-bond donors (Lipinski definition) is 1. The molecule has 2 heteroatoms. The maximum absolute atomic E-state index is 10.7. The van der Waals surface area contributed by atoms with Gasteiger partial charge in [-0.25, -0.2) is 0 Å². The molecule has 1 aromatic carbocycles. The Kier molecular flexibility index (Phi) is 4.51. The number of benzene rings is 1. The van der Waals surface area contributed by atoms with Gasteiger partial charge in [0, 0.05) is 0 Å². The zero-order chi connectivity index (χ0) is 14.0. The zero-order valence-electron chi connectivity index (χ0n) is 12.6. The largest absolute Gasteiger partial charge is 0.496 e. The molecule has 0 bridgehead atoms. The van der Waals surface area contributed by atoms with Crippen molar-refractivity contribution in [2.45, 2.75) is 52.6 Å². The van der Waals surface area contributed by atoms with Crippen molar-refractivity contribution in [3.63, 3.8) is 0 Å². The Balaban J connectivity index is 2.20. The molecule has 0 aliphatic heterocycles. The van der Waals surface area contributed by atoms with Crippen LogP contribution in [0.15, 0.2) is 12.1 Å². The molecule has 0 spiro atoms. The van der Waals surface area contributed by atoms with Crippen molar-refractivity contribution < 1.29 is 9.84 Å². The first-order valence-corrected chi connectivity index (χ1v) is 7.40. The lowest BCUT2D eigenvalue weighted by Crippen LogP contribution is -2.11. The standard InChI is InChI=1S/C17H26O2/c1-5-13-6-7-14(10-13)17(18)15-8-12(3)16(19-4)9-11(15)2/h8-9,13-14,17-18H,5-7,10H2,1-4H3. The summed E-state index contributed by atoms with van der Waals surface area (Å²) in [6.45, 7) is 6.35. The lowest BCUT2D eigenvalue weighted by Gasteiger charge is -2.22. The van der Waals surface area contributed by atoms with Gasteiger partial charge in [0.05, 0.1) is 13.2 Å². The summed E-state index contributed by atoms with van der Waals surface area (Å²) in [6.07, 6.45) is 4.52. The van der Waals surface area contributed by atoms with Crippen molar-refractivity contribution in [2.24, 2.45) is 11.8 Å². The third kappa shape index (κ3) is 2.94. The maximum Gasteiger partial charge on any atom is 0.122 e. The molecule has 0 heterocycles. The topological polar surface area (TPSA) is 29.5 Å². The van der Waals surface area contributed by atoms with Crippen LogP contribution in [0.1, 0.15) is 55.4 Å². The Bertz CT molecular complexity index is 439. The van der Waals surface area contributed by atoms with E-state index < -0.39 is 0 Å². The summed E-state index contributed by atoms with van der Waals surface area (Å²) < 4.78 is 5.34. The van der Waals surface area contributed by atoms with Crippen LogP contribution in [0.2, 0.25) is 0 Å². The average Bonchev–Trinajstić information content (AvgIpc) is 2.89. The first kappa shape index (κ1) is 14.4. The fourth-order valence-electron chi connectivity index (χ4n) is 3.38. The third-order valence-corrected chi connectivity index (χ3v) is 4.71. The zero-order valence-corrected chi connectivity index (χ0v) is 12.6. The second-order valence-corrected chi connectivity index (χ2v) is 5.97. The molecule has 3 atom stereocenters. The van der Waals surface area contributed by atoms with Gasteiger partial charge in [0.2, 0.25) is 0 Å². The monoisotopic (exact) mass is 262 g/mol. The quantitative estimate of drug-likeness (QED) is 0.882. The van der Waals surface area contributed by atoms with E-state index >= 15 is 0 Å². The van der Waals surface area contributed by atoms with Crippen LogP contribution in [0, 0.1) is 25.7 Å².